The average molecular weight is 675 g/mol. The molecule has 0 aromatic heterocycles. The van der Waals surface area contributed by atoms with Crippen LogP contribution in [0.15, 0.2) is 48.5 Å². The highest BCUT2D eigenvalue weighted by atomic mass is 16.5. The van der Waals surface area contributed by atoms with Crippen LogP contribution in [0.4, 0.5) is 0 Å². The molecule has 0 atom stereocenters. The lowest BCUT2D eigenvalue weighted by Gasteiger charge is -2.14. The van der Waals surface area contributed by atoms with Gasteiger partial charge in [-0.3, -0.25) is 0 Å². The first-order chi connectivity index (χ1) is 24.3. The minimum atomic E-state index is 0.954. The molecule has 0 radical (unpaired) electrons. The number of hydrogen-bond donors (Lipinski definition) is 0. The van der Waals surface area contributed by atoms with Crippen molar-refractivity contribution in [3.63, 3.8) is 0 Å². The number of aryl methyl sites for hydroxylation is 2. The first-order valence-corrected chi connectivity index (χ1v) is 22.2. The summed E-state index contributed by atoms with van der Waals surface area (Å²) in [6.45, 7) is 4.61. The van der Waals surface area contributed by atoms with Crippen molar-refractivity contribution in [2.24, 2.45) is 0 Å². The van der Waals surface area contributed by atoms with E-state index in [1.165, 1.54) is 223 Å². The van der Waals surface area contributed by atoms with Gasteiger partial charge in [0, 0.05) is 0 Å². The van der Waals surface area contributed by atoms with Gasteiger partial charge in [0.1, 0.15) is 11.5 Å². The molecule has 0 saturated heterocycles. The molecular formula is C48H82O. The first kappa shape index (κ1) is 43.4. The lowest BCUT2D eigenvalue weighted by atomic mass is 9.99. The van der Waals surface area contributed by atoms with E-state index in [0.717, 1.165) is 17.9 Å². The number of benzene rings is 2. The topological polar surface area (TPSA) is 9.23 Å². The molecule has 0 amide bonds. The molecule has 49 heavy (non-hydrogen) atoms. The summed E-state index contributed by atoms with van der Waals surface area (Å²) in [7, 11) is 0. The zero-order valence-electron chi connectivity index (χ0n) is 33.1. The normalized spacial score (nSPS) is 11.4. The van der Waals surface area contributed by atoms with E-state index in [9.17, 15) is 0 Å². The summed E-state index contributed by atoms with van der Waals surface area (Å²) in [4.78, 5) is 0. The van der Waals surface area contributed by atoms with Crippen LogP contribution in [0.25, 0.3) is 0 Å². The Bertz CT molecular complexity index is 949. The molecule has 280 valence electrons. The number of hydrogen-bond acceptors (Lipinski definition) is 1. The number of ether oxygens (including phenoxy) is 1. The van der Waals surface area contributed by atoms with Crippen LogP contribution < -0.4 is 4.74 Å². The van der Waals surface area contributed by atoms with E-state index < -0.39 is 0 Å². The first-order valence-electron chi connectivity index (χ1n) is 22.2. The van der Waals surface area contributed by atoms with Crippen molar-refractivity contribution in [2.45, 2.75) is 232 Å². The number of rotatable bonds is 36. The van der Waals surface area contributed by atoms with Gasteiger partial charge in [-0.1, -0.05) is 237 Å². The van der Waals surface area contributed by atoms with Crippen molar-refractivity contribution in [1.82, 2.24) is 0 Å². The zero-order chi connectivity index (χ0) is 34.7. The lowest BCUT2D eigenvalue weighted by molar-refractivity contribution is 0.472. The number of unbranched alkanes of at least 4 members (excludes halogenated alkanes) is 30. The maximum Gasteiger partial charge on any atom is 0.130 e. The minimum Gasteiger partial charge on any atom is -0.457 e. The van der Waals surface area contributed by atoms with Crippen LogP contribution in [0.2, 0.25) is 0 Å². The molecule has 0 aliphatic carbocycles. The molecule has 1 nitrogen and oxygen atoms in total. The monoisotopic (exact) mass is 675 g/mol. The van der Waals surface area contributed by atoms with Gasteiger partial charge < -0.3 is 4.74 Å². The molecule has 2 aromatic rings. The lowest BCUT2D eigenvalue weighted by Crippen LogP contribution is -1.96. The average Bonchev–Trinajstić information content (AvgIpc) is 3.12. The maximum atomic E-state index is 6.46. The fourth-order valence-electron chi connectivity index (χ4n) is 7.41. The summed E-state index contributed by atoms with van der Waals surface area (Å²) < 4.78 is 6.46. The molecule has 0 fully saturated rings. The van der Waals surface area contributed by atoms with Crippen molar-refractivity contribution < 1.29 is 4.74 Å². The van der Waals surface area contributed by atoms with Crippen molar-refractivity contribution >= 4 is 0 Å². The van der Waals surface area contributed by atoms with Gasteiger partial charge in [0.2, 0.25) is 0 Å². The molecule has 0 spiro atoms. The summed E-state index contributed by atoms with van der Waals surface area (Å²) in [5.74, 6) is 2.04. The van der Waals surface area contributed by atoms with E-state index in [2.05, 4.69) is 62.4 Å². The summed E-state index contributed by atoms with van der Waals surface area (Å²) in [5.41, 5.74) is 2.82. The van der Waals surface area contributed by atoms with Crippen molar-refractivity contribution in [2.75, 3.05) is 0 Å². The van der Waals surface area contributed by atoms with Gasteiger partial charge in [0.05, 0.1) is 0 Å². The van der Waals surface area contributed by atoms with Gasteiger partial charge in [-0.2, -0.15) is 0 Å². The fourth-order valence-corrected chi connectivity index (χ4v) is 7.41. The van der Waals surface area contributed by atoms with Gasteiger partial charge in [0.25, 0.3) is 0 Å². The molecule has 2 rings (SSSR count). The van der Waals surface area contributed by atoms with E-state index in [-0.39, 0.29) is 0 Å². The zero-order valence-corrected chi connectivity index (χ0v) is 33.1. The van der Waals surface area contributed by atoms with Crippen LogP contribution in [-0.4, -0.2) is 0 Å². The summed E-state index contributed by atoms with van der Waals surface area (Å²) >= 11 is 0. The molecule has 0 saturated carbocycles. The third kappa shape index (κ3) is 25.8. The third-order valence-corrected chi connectivity index (χ3v) is 10.7. The summed E-state index contributed by atoms with van der Waals surface area (Å²) in [5, 5.41) is 0. The molecule has 0 aliphatic rings. The van der Waals surface area contributed by atoms with Crippen LogP contribution in [0.3, 0.4) is 0 Å². The Labute approximate surface area is 307 Å². The largest absolute Gasteiger partial charge is 0.457 e. The van der Waals surface area contributed by atoms with E-state index in [1.807, 2.05) is 0 Å². The van der Waals surface area contributed by atoms with Crippen LogP contribution in [-0.2, 0) is 12.8 Å². The van der Waals surface area contributed by atoms with Gasteiger partial charge in [-0.25, -0.2) is 0 Å². The van der Waals surface area contributed by atoms with E-state index in [1.54, 1.807) is 0 Å². The molecule has 1 heteroatoms. The van der Waals surface area contributed by atoms with Gasteiger partial charge in [-0.05, 0) is 55.0 Å². The second-order valence-corrected chi connectivity index (χ2v) is 15.5. The minimum absolute atomic E-state index is 0.954. The van der Waals surface area contributed by atoms with Crippen molar-refractivity contribution in [3.05, 3.63) is 59.7 Å². The van der Waals surface area contributed by atoms with Crippen LogP contribution >= 0.6 is 0 Å². The molecule has 0 heterocycles. The number of para-hydroxylation sites is 1. The third-order valence-electron chi connectivity index (χ3n) is 10.7. The summed E-state index contributed by atoms with van der Waals surface area (Å²) in [6.07, 6.45) is 47.8. The molecular weight excluding hydrogens is 593 g/mol. The smallest absolute Gasteiger partial charge is 0.130 e. The second-order valence-electron chi connectivity index (χ2n) is 15.5. The second kappa shape index (κ2) is 33.4. The Hall–Kier alpha value is -1.76. The van der Waals surface area contributed by atoms with Gasteiger partial charge >= 0.3 is 0 Å². The predicted octanol–water partition coefficient (Wildman–Crippen LogP) is 17.1. The summed E-state index contributed by atoms with van der Waals surface area (Å²) in [6, 6.07) is 17.5. The van der Waals surface area contributed by atoms with Crippen LogP contribution in [0, 0.1) is 0 Å². The van der Waals surface area contributed by atoms with Crippen molar-refractivity contribution in [1.29, 1.82) is 0 Å². The Morgan fingerprint density at radius 2 is 0.694 bits per heavy atom. The maximum absolute atomic E-state index is 6.46. The predicted molar refractivity (Wildman–Crippen MR) is 219 cm³/mol. The SMILES string of the molecule is CCCCCCCCCCCCCCCCCCc1ccc(CCCCCCCCCCCCCCCCCC)c(Oc2ccccc2)c1. The van der Waals surface area contributed by atoms with Gasteiger partial charge in [0.15, 0.2) is 0 Å². The molecule has 0 unspecified atom stereocenters. The molecule has 2 aromatic carbocycles. The van der Waals surface area contributed by atoms with Crippen molar-refractivity contribution in [3.8, 4) is 11.5 Å². The van der Waals surface area contributed by atoms with Gasteiger partial charge in [-0.15, -0.1) is 0 Å². The molecule has 0 N–H and O–H groups in total. The Morgan fingerprint density at radius 1 is 0.347 bits per heavy atom. The quantitative estimate of drug-likeness (QED) is 0.0654. The van der Waals surface area contributed by atoms with E-state index in [4.69, 9.17) is 4.74 Å². The van der Waals surface area contributed by atoms with E-state index >= 15 is 0 Å². The highest BCUT2D eigenvalue weighted by Gasteiger charge is 2.08. The van der Waals surface area contributed by atoms with E-state index in [0.29, 0.717) is 0 Å². The Balaban J connectivity index is 1.53. The Morgan fingerprint density at radius 3 is 1.08 bits per heavy atom. The highest BCUT2D eigenvalue weighted by molar-refractivity contribution is 5.41. The van der Waals surface area contributed by atoms with Crippen LogP contribution in [0.5, 0.6) is 11.5 Å². The highest BCUT2D eigenvalue weighted by Crippen LogP contribution is 2.29. The molecule has 0 aliphatic heterocycles. The standard InChI is InChI=1S/C48H82O/c1-3-5-7-9-11-13-15-17-19-21-23-25-27-29-31-34-38-45-42-43-46(48(44-45)49-47-40-36-33-37-41-47)39-35-32-30-28-26-24-22-20-18-16-14-12-10-8-6-4-2/h33,36-37,40-44H,3-32,34-35,38-39H2,1-2H3. The molecule has 0 bridgehead atoms. The Kier molecular flexibility index (Phi) is 29.6. The fraction of sp³-hybridized carbons (Fsp3) is 0.750. The van der Waals surface area contributed by atoms with Crippen LogP contribution in [0.1, 0.15) is 230 Å².